The molecular formula is C12H19N3. The third kappa shape index (κ3) is 3.01. The molecule has 1 saturated carbocycles. The molecule has 1 atom stereocenters. The second-order valence-corrected chi connectivity index (χ2v) is 4.37. The van der Waals surface area contributed by atoms with Gasteiger partial charge in [0.1, 0.15) is 0 Å². The summed E-state index contributed by atoms with van der Waals surface area (Å²) in [6.45, 7) is 3.73. The van der Waals surface area contributed by atoms with Crippen LogP contribution in [0.3, 0.4) is 0 Å². The predicted octanol–water partition coefficient (Wildman–Crippen LogP) is 1.39. The predicted molar refractivity (Wildman–Crippen MR) is 61.5 cm³/mol. The number of hydrogen-bond acceptors (Lipinski definition) is 3. The maximum absolute atomic E-state index is 5.76. The zero-order valence-electron chi connectivity index (χ0n) is 9.24. The fraction of sp³-hybridized carbons (Fsp3) is 0.583. The third-order valence-electron chi connectivity index (χ3n) is 2.92. The third-order valence-corrected chi connectivity index (χ3v) is 2.92. The van der Waals surface area contributed by atoms with E-state index in [1.807, 2.05) is 19.2 Å². The molecule has 1 unspecified atom stereocenters. The van der Waals surface area contributed by atoms with Gasteiger partial charge in [-0.2, -0.15) is 0 Å². The molecule has 1 heterocycles. The van der Waals surface area contributed by atoms with Crippen molar-refractivity contribution < 1.29 is 0 Å². The summed E-state index contributed by atoms with van der Waals surface area (Å²) in [5.74, 6) is 0.887. The van der Waals surface area contributed by atoms with Crippen LogP contribution in [0.15, 0.2) is 18.3 Å². The van der Waals surface area contributed by atoms with E-state index in [0.717, 1.165) is 18.2 Å². The summed E-state index contributed by atoms with van der Waals surface area (Å²) >= 11 is 0. The van der Waals surface area contributed by atoms with Gasteiger partial charge in [0.05, 0.1) is 0 Å². The Balaban J connectivity index is 1.94. The molecule has 1 aromatic heterocycles. The minimum absolute atomic E-state index is 0.263. The Hall–Kier alpha value is -0.930. The van der Waals surface area contributed by atoms with E-state index in [2.05, 4.69) is 16.4 Å². The Morgan fingerprint density at radius 3 is 2.87 bits per heavy atom. The Bertz CT molecular complexity index is 303. The summed E-state index contributed by atoms with van der Waals surface area (Å²) in [7, 11) is 0. The van der Waals surface area contributed by atoms with E-state index in [-0.39, 0.29) is 6.04 Å². The highest BCUT2D eigenvalue weighted by Gasteiger charge is 2.22. The average Bonchev–Trinajstić information content (AvgIpc) is 3.05. The molecule has 1 aliphatic rings. The number of nitrogens with two attached hydrogens (primary N) is 1. The highest BCUT2D eigenvalue weighted by Crippen LogP contribution is 2.28. The quantitative estimate of drug-likeness (QED) is 0.763. The molecule has 3 N–H and O–H groups in total. The van der Waals surface area contributed by atoms with Crippen molar-refractivity contribution in [3.05, 3.63) is 29.6 Å². The molecule has 0 amide bonds. The Morgan fingerprint density at radius 1 is 1.53 bits per heavy atom. The molecule has 2 rings (SSSR count). The van der Waals surface area contributed by atoms with Gasteiger partial charge in [-0.25, -0.2) is 0 Å². The number of nitrogens with zero attached hydrogens (tertiary/aromatic N) is 1. The van der Waals surface area contributed by atoms with Crippen LogP contribution >= 0.6 is 0 Å². The lowest BCUT2D eigenvalue weighted by Gasteiger charge is -2.16. The van der Waals surface area contributed by atoms with E-state index in [1.54, 1.807) is 0 Å². The summed E-state index contributed by atoms with van der Waals surface area (Å²) in [4.78, 5) is 4.30. The number of aromatic nitrogens is 1. The van der Waals surface area contributed by atoms with Crippen LogP contribution < -0.4 is 11.1 Å². The van der Waals surface area contributed by atoms with Crippen molar-refractivity contribution in [2.24, 2.45) is 11.7 Å². The van der Waals surface area contributed by atoms with Crippen molar-refractivity contribution in [3.63, 3.8) is 0 Å². The number of aryl methyl sites for hydroxylation is 1. The van der Waals surface area contributed by atoms with Gasteiger partial charge < -0.3 is 11.1 Å². The monoisotopic (exact) mass is 205 g/mol. The van der Waals surface area contributed by atoms with Crippen molar-refractivity contribution in [2.75, 3.05) is 13.1 Å². The summed E-state index contributed by atoms with van der Waals surface area (Å²) in [6.07, 6.45) is 4.67. The van der Waals surface area contributed by atoms with Crippen LogP contribution in [-0.2, 0) is 0 Å². The van der Waals surface area contributed by atoms with E-state index >= 15 is 0 Å². The number of nitrogens with one attached hydrogen (secondary N) is 1. The lowest BCUT2D eigenvalue weighted by atomic mass is 10.1. The van der Waals surface area contributed by atoms with Crippen molar-refractivity contribution in [2.45, 2.75) is 25.8 Å². The molecule has 0 saturated heterocycles. The first-order chi connectivity index (χ1) is 7.29. The Kier molecular flexibility index (Phi) is 3.34. The van der Waals surface area contributed by atoms with Crippen LogP contribution in [0.25, 0.3) is 0 Å². The highest BCUT2D eigenvalue weighted by atomic mass is 14.9. The first-order valence-corrected chi connectivity index (χ1v) is 5.65. The molecule has 0 aromatic carbocycles. The van der Waals surface area contributed by atoms with Gasteiger partial charge in [0.2, 0.25) is 0 Å². The van der Waals surface area contributed by atoms with E-state index < -0.39 is 0 Å². The van der Waals surface area contributed by atoms with Crippen molar-refractivity contribution in [3.8, 4) is 0 Å². The van der Waals surface area contributed by atoms with E-state index in [1.165, 1.54) is 18.4 Å². The van der Waals surface area contributed by atoms with Gasteiger partial charge in [-0.1, -0.05) is 6.07 Å². The zero-order chi connectivity index (χ0) is 10.7. The molecule has 0 bridgehead atoms. The molecule has 3 heteroatoms. The van der Waals surface area contributed by atoms with Crippen molar-refractivity contribution in [1.29, 1.82) is 0 Å². The lowest BCUT2D eigenvalue weighted by molar-refractivity contribution is 0.521. The first kappa shape index (κ1) is 10.6. The van der Waals surface area contributed by atoms with E-state index in [9.17, 15) is 0 Å². The maximum Gasteiger partial charge on any atom is 0.0459 e. The Morgan fingerprint density at radius 2 is 2.33 bits per heavy atom. The maximum atomic E-state index is 5.76. The van der Waals surface area contributed by atoms with Gasteiger partial charge in [-0.15, -0.1) is 0 Å². The SMILES string of the molecule is Cc1ccc(C(CN)NCC2CC2)cn1. The van der Waals surface area contributed by atoms with Crippen LogP contribution in [0, 0.1) is 12.8 Å². The summed E-state index contributed by atoms with van der Waals surface area (Å²) in [5.41, 5.74) is 8.01. The van der Waals surface area contributed by atoms with E-state index in [4.69, 9.17) is 5.73 Å². The minimum atomic E-state index is 0.263. The molecule has 1 fully saturated rings. The zero-order valence-corrected chi connectivity index (χ0v) is 9.24. The van der Waals surface area contributed by atoms with Gasteiger partial charge in [0.25, 0.3) is 0 Å². The molecule has 0 radical (unpaired) electrons. The van der Waals surface area contributed by atoms with Gasteiger partial charge in [-0.3, -0.25) is 4.98 Å². The van der Waals surface area contributed by atoms with Crippen LogP contribution in [-0.4, -0.2) is 18.1 Å². The fourth-order valence-electron chi connectivity index (χ4n) is 1.65. The largest absolute Gasteiger partial charge is 0.329 e. The minimum Gasteiger partial charge on any atom is -0.329 e. The summed E-state index contributed by atoms with van der Waals surface area (Å²) < 4.78 is 0. The molecule has 1 aliphatic carbocycles. The summed E-state index contributed by atoms with van der Waals surface area (Å²) in [6, 6.07) is 4.41. The van der Waals surface area contributed by atoms with Gasteiger partial charge in [0, 0.05) is 24.5 Å². The smallest absolute Gasteiger partial charge is 0.0459 e. The van der Waals surface area contributed by atoms with Crippen LogP contribution in [0.2, 0.25) is 0 Å². The molecule has 15 heavy (non-hydrogen) atoms. The molecule has 1 aromatic rings. The van der Waals surface area contributed by atoms with Gasteiger partial charge in [0.15, 0.2) is 0 Å². The van der Waals surface area contributed by atoms with Crippen LogP contribution in [0.1, 0.15) is 30.1 Å². The number of pyridine rings is 1. The highest BCUT2D eigenvalue weighted by molar-refractivity contribution is 5.17. The van der Waals surface area contributed by atoms with Gasteiger partial charge in [-0.05, 0) is 43.9 Å². The lowest BCUT2D eigenvalue weighted by Crippen LogP contribution is -2.29. The first-order valence-electron chi connectivity index (χ1n) is 5.65. The molecular weight excluding hydrogens is 186 g/mol. The average molecular weight is 205 g/mol. The molecule has 3 nitrogen and oxygen atoms in total. The second-order valence-electron chi connectivity index (χ2n) is 4.37. The number of rotatable bonds is 5. The topological polar surface area (TPSA) is 50.9 Å². The molecule has 82 valence electrons. The van der Waals surface area contributed by atoms with Crippen LogP contribution in [0.4, 0.5) is 0 Å². The molecule has 0 spiro atoms. The van der Waals surface area contributed by atoms with Crippen LogP contribution in [0.5, 0.6) is 0 Å². The fourth-order valence-corrected chi connectivity index (χ4v) is 1.65. The van der Waals surface area contributed by atoms with Gasteiger partial charge >= 0.3 is 0 Å². The van der Waals surface area contributed by atoms with Crippen molar-refractivity contribution in [1.82, 2.24) is 10.3 Å². The normalized spacial score (nSPS) is 17.7. The molecule has 0 aliphatic heterocycles. The summed E-state index contributed by atoms with van der Waals surface area (Å²) in [5, 5.41) is 3.50. The number of hydrogen-bond donors (Lipinski definition) is 2. The Labute approximate surface area is 91.1 Å². The standard InChI is InChI=1S/C12H19N3/c1-9-2-5-11(8-14-9)12(6-13)15-7-10-3-4-10/h2,5,8,10,12,15H,3-4,6-7,13H2,1H3. The van der Waals surface area contributed by atoms with E-state index in [0.29, 0.717) is 6.54 Å². The second kappa shape index (κ2) is 4.73. The van der Waals surface area contributed by atoms with Crippen molar-refractivity contribution >= 4 is 0 Å².